The molecule has 1 unspecified atom stereocenters. The molecule has 1 aromatic carbocycles. The van der Waals surface area contributed by atoms with E-state index in [1.54, 1.807) is 7.11 Å². The zero-order valence-corrected chi connectivity index (χ0v) is 13.8. The van der Waals surface area contributed by atoms with Crippen LogP contribution in [0.15, 0.2) is 24.3 Å². The maximum absolute atomic E-state index is 11.9. The third-order valence-corrected chi connectivity index (χ3v) is 4.75. The van der Waals surface area contributed by atoms with Crippen LogP contribution in [-0.4, -0.2) is 74.8 Å². The number of hydrogen-bond donors (Lipinski definition) is 2. The van der Waals surface area contributed by atoms with Gasteiger partial charge in [0.2, 0.25) is 0 Å². The smallest absolute Gasteiger partial charge is 0.314 e. The third kappa shape index (κ3) is 4.36. The topological polar surface area (TPSA) is 56.8 Å². The molecule has 3 fully saturated rings. The zero-order valence-electron chi connectivity index (χ0n) is 13.8. The van der Waals surface area contributed by atoms with E-state index in [1.807, 2.05) is 24.3 Å². The summed E-state index contributed by atoms with van der Waals surface area (Å²) in [4.78, 5) is 16.9. The number of amides is 2. The minimum Gasteiger partial charge on any atom is -0.497 e. The number of carbonyl (C=O) groups excluding carboxylic acids is 1. The molecule has 2 amide bonds. The van der Waals surface area contributed by atoms with Crippen molar-refractivity contribution in [1.82, 2.24) is 20.4 Å². The number of fused-ring (bicyclic) bond motifs is 3. The monoisotopic (exact) mass is 318 g/mol. The molecule has 1 atom stereocenters. The van der Waals surface area contributed by atoms with Crippen molar-refractivity contribution in [1.29, 1.82) is 0 Å². The van der Waals surface area contributed by atoms with Crippen molar-refractivity contribution in [2.45, 2.75) is 12.5 Å². The normalized spacial score (nSPS) is 25.9. The minimum atomic E-state index is -0.0730. The summed E-state index contributed by atoms with van der Waals surface area (Å²) in [6.45, 7) is 7.04. The maximum atomic E-state index is 11.9. The highest BCUT2D eigenvalue weighted by Gasteiger charge is 2.31. The molecule has 2 bridgehead atoms. The van der Waals surface area contributed by atoms with Crippen molar-refractivity contribution >= 4 is 6.03 Å². The molecule has 0 saturated carbocycles. The molecule has 2 N–H and O–H groups in total. The van der Waals surface area contributed by atoms with Gasteiger partial charge in [-0.3, -0.25) is 9.80 Å². The lowest BCUT2D eigenvalue weighted by molar-refractivity contribution is 0.0148. The van der Waals surface area contributed by atoms with E-state index in [9.17, 15) is 4.79 Å². The number of urea groups is 1. The summed E-state index contributed by atoms with van der Waals surface area (Å²) in [6, 6.07) is 8.33. The molecule has 1 aromatic rings. The van der Waals surface area contributed by atoms with Gasteiger partial charge in [0.1, 0.15) is 5.75 Å². The van der Waals surface area contributed by atoms with Crippen LogP contribution in [0.2, 0.25) is 0 Å². The van der Waals surface area contributed by atoms with Gasteiger partial charge >= 0.3 is 6.03 Å². The number of benzene rings is 1. The van der Waals surface area contributed by atoms with Gasteiger partial charge in [-0.15, -0.1) is 0 Å². The first-order valence-electron chi connectivity index (χ1n) is 8.35. The molecule has 126 valence electrons. The lowest BCUT2D eigenvalue weighted by Crippen LogP contribution is -2.63. The van der Waals surface area contributed by atoms with Gasteiger partial charge in [-0.1, -0.05) is 12.1 Å². The lowest BCUT2D eigenvalue weighted by atomic mass is 10.1. The van der Waals surface area contributed by atoms with Crippen LogP contribution in [0.1, 0.15) is 5.56 Å². The second kappa shape index (κ2) is 7.66. The lowest BCUT2D eigenvalue weighted by Gasteiger charge is -2.47. The zero-order chi connectivity index (χ0) is 16.1. The molecule has 3 aliphatic heterocycles. The Labute approximate surface area is 137 Å². The van der Waals surface area contributed by atoms with Crippen molar-refractivity contribution in [3.8, 4) is 5.75 Å². The van der Waals surface area contributed by atoms with Crippen molar-refractivity contribution < 1.29 is 9.53 Å². The Hall–Kier alpha value is -1.79. The summed E-state index contributed by atoms with van der Waals surface area (Å²) < 4.78 is 5.14. The van der Waals surface area contributed by atoms with Crippen molar-refractivity contribution in [3.63, 3.8) is 0 Å². The van der Waals surface area contributed by atoms with Gasteiger partial charge < -0.3 is 15.4 Å². The summed E-state index contributed by atoms with van der Waals surface area (Å²) in [5.41, 5.74) is 1.19. The molecule has 3 heterocycles. The molecule has 3 saturated heterocycles. The molecule has 0 spiro atoms. The SMILES string of the molecule is COc1ccc(CCNC(=O)NCC2CN3CCN2CC3)cc1. The van der Waals surface area contributed by atoms with Crippen molar-refractivity contribution in [2.75, 3.05) is 52.9 Å². The number of rotatable bonds is 6. The van der Waals surface area contributed by atoms with E-state index in [0.717, 1.165) is 38.3 Å². The Morgan fingerprint density at radius 3 is 2.52 bits per heavy atom. The summed E-state index contributed by atoms with van der Waals surface area (Å²) in [7, 11) is 1.66. The largest absolute Gasteiger partial charge is 0.497 e. The maximum Gasteiger partial charge on any atom is 0.314 e. The summed E-state index contributed by atoms with van der Waals surface area (Å²) in [5.74, 6) is 0.854. The standard InChI is InChI=1S/C17H26N4O2/c1-23-16-4-2-14(3-5-16)6-7-18-17(22)19-12-15-13-20-8-10-21(15)11-9-20/h2-5,15H,6-13H2,1H3,(H2,18,19,22). The summed E-state index contributed by atoms with van der Waals surface area (Å²) >= 11 is 0. The number of hydrogen-bond acceptors (Lipinski definition) is 4. The molecular weight excluding hydrogens is 292 g/mol. The van der Waals surface area contributed by atoms with Crippen LogP contribution in [0.4, 0.5) is 4.79 Å². The van der Waals surface area contributed by atoms with Crippen LogP contribution < -0.4 is 15.4 Å². The van der Waals surface area contributed by atoms with Crippen molar-refractivity contribution in [3.05, 3.63) is 29.8 Å². The van der Waals surface area contributed by atoms with E-state index in [4.69, 9.17) is 4.74 Å². The van der Waals surface area contributed by atoms with Crippen LogP contribution in [0.25, 0.3) is 0 Å². The second-order valence-corrected chi connectivity index (χ2v) is 6.23. The number of piperazine rings is 3. The van der Waals surface area contributed by atoms with E-state index in [1.165, 1.54) is 18.7 Å². The van der Waals surface area contributed by atoms with Gasteiger partial charge in [-0.25, -0.2) is 4.79 Å². The Morgan fingerprint density at radius 2 is 1.91 bits per heavy atom. The highest BCUT2D eigenvalue weighted by molar-refractivity contribution is 5.73. The third-order valence-electron chi connectivity index (χ3n) is 4.75. The van der Waals surface area contributed by atoms with Crippen LogP contribution in [0.5, 0.6) is 5.75 Å². The predicted molar refractivity (Wildman–Crippen MR) is 89.9 cm³/mol. The van der Waals surface area contributed by atoms with Gasteiger partial charge in [0.05, 0.1) is 7.11 Å². The molecule has 3 aliphatic rings. The molecule has 6 heteroatoms. The number of carbonyl (C=O) groups is 1. The van der Waals surface area contributed by atoms with E-state index < -0.39 is 0 Å². The van der Waals surface area contributed by atoms with Gasteiger partial charge in [0.15, 0.2) is 0 Å². The molecule has 23 heavy (non-hydrogen) atoms. The minimum absolute atomic E-state index is 0.0730. The van der Waals surface area contributed by atoms with Crippen LogP contribution in [-0.2, 0) is 6.42 Å². The average Bonchev–Trinajstić information content (AvgIpc) is 2.61. The summed E-state index contributed by atoms with van der Waals surface area (Å²) in [5, 5.41) is 5.93. The molecule has 4 rings (SSSR count). The first-order chi connectivity index (χ1) is 11.2. The number of nitrogens with zero attached hydrogens (tertiary/aromatic N) is 2. The predicted octanol–water partition coefficient (Wildman–Crippen LogP) is 0.537. The second-order valence-electron chi connectivity index (χ2n) is 6.23. The van der Waals surface area contributed by atoms with E-state index in [2.05, 4.69) is 20.4 Å². The van der Waals surface area contributed by atoms with E-state index >= 15 is 0 Å². The summed E-state index contributed by atoms with van der Waals surface area (Å²) in [6.07, 6.45) is 0.820. The molecule has 6 nitrogen and oxygen atoms in total. The molecular formula is C17H26N4O2. The Bertz CT molecular complexity index is 512. The first-order valence-corrected chi connectivity index (χ1v) is 8.35. The molecule has 0 aromatic heterocycles. The quantitative estimate of drug-likeness (QED) is 0.804. The van der Waals surface area contributed by atoms with Crippen LogP contribution in [0.3, 0.4) is 0 Å². The number of methoxy groups -OCH3 is 1. The number of nitrogens with one attached hydrogen (secondary N) is 2. The van der Waals surface area contributed by atoms with Gasteiger partial charge in [0, 0.05) is 51.9 Å². The highest BCUT2D eigenvalue weighted by atomic mass is 16.5. The average molecular weight is 318 g/mol. The van der Waals surface area contributed by atoms with Crippen LogP contribution in [0, 0.1) is 0 Å². The first kappa shape index (κ1) is 16.1. The highest BCUT2D eigenvalue weighted by Crippen LogP contribution is 2.14. The fourth-order valence-electron chi connectivity index (χ4n) is 3.30. The van der Waals surface area contributed by atoms with Crippen molar-refractivity contribution in [2.24, 2.45) is 0 Å². The van der Waals surface area contributed by atoms with Crippen LogP contribution >= 0.6 is 0 Å². The van der Waals surface area contributed by atoms with Gasteiger partial charge in [-0.05, 0) is 24.1 Å². The fourth-order valence-corrected chi connectivity index (χ4v) is 3.30. The molecule has 0 aliphatic carbocycles. The van der Waals surface area contributed by atoms with E-state index in [-0.39, 0.29) is 6.03 Å². The van der Waals surface area contributed by atoms with Gasteiger partial charge in [0.25, 0.3) is 0 Å². The Morgan fingerprint density at radius 1 is 1.17 bits per heavy atom. The Kier molecular flexibility index (Phi) is 5.35. The van der Waals surface area contributed by atoms with Gasteiger partial charge in [-0.2, -0.15) is 0 Å². The number of ether oxygens (including phenoxy) is 1. The molecule has 0 radical (unpaired) electrons. The fraction of sp³-hybridized carbons (Fsp3) is 0.588. The Balaban J connectivity index is 1.33. The van der Waals surface area contributed by atoms with E-state index in [0.29, 0.717) is 12.6 Å².